The first-order valence-corrected chi connectivity index (χ1v) is 16.8. The van der Waals surface area contributed by atoms with E-state index in [0.717, 1.165) is 59.2 Å². The Balaban J connectivity index is 1.53. The molecule has 0 radical (unpaired) electrons. The lowest BCUT2D eigenvalue weighted by molar-refractivity contribution is 0.288. The summed E-state index contributed by atoms with van der Waals surface area (Å²) in [5.41, 5.74) is -0.000703. The normalized spacial score (nSPS) is 17.5. The van der Waals surface area contributed by atoms with Crippen molar-refractivity contribution in [1.82, 2.24) is 19.6 Å². The van der Waals surface area contributed by atoms with Gasteiger partial charge in [0.15, 0.2) is 10.2 Å². The van der Waals surface area contributed by atoms with Gasteiger partial charge in [-0.2, -0.15) is 23.5 Å². The minimum atomic E-state index is -0.000352. The molecule has 0 aliphatic carbocycles. The third-order valence-electron chi connectivity index (χ3n) is 6.78. The molecule has 2 aliphatic rings. The first kappa shape index (κ1) is 31.5. The van der Waals surface area contributed by atoms with Crippen molar-refractivity contribution in [3.05, 3.63) is 0 Å². The highest BCUT2D eigenvalue weighted by atomic mass is 32.2. The predicted octanol–water partition coefficient (Wildman–Crippen LogP) is 6.46. The van der Waals surface area contributed by atoms with E-state index in [2.05, 4.69) is 84.7 Å². The maximum absolute atomic E-state index is 5.68. The molecule has 2 heterocycles. The lowest BCUT2D eigenvalue weighted by Gasteiger charge is -2.37. The van der Waals surface area contributed by atoms with Gasteiger partial charge in [-0.3, -0.25) is 0 Å². The second-order valence-electron chi connectivity index (χ2n) is 10.5. The summed E-state index contributed by atoms with van der Waals surface area (Å²) in [6.45, 7) is 16.8. The Bertz CT molecular complexity index is 707. The average Bonchev–Trinajstić information content (AvgIpc) is 3.25. The van der Waals surface area contributed by atoms with Crippen LogP contribution in [-0.4, -0.2) is 100 Å². The van der Waals surface area contributed by atoms with Crippen molar-refractivity contribution < 1.29 is 0 Å². The molecule has 2 saturated heterocycles. The Morgan fingerprint density at radius 2 is 0.971 bits per heavy atom. The molecule has 0 saturated carbocycles. The van der Waals surface area contributed by atoms with Crippen LogP contribution in [0.1, 0.15) is 73.6 Å². The molecule has 0 atom stereocenters. The SMILES string of the molecule is CCN1CC(=S)N(C(C)(C)CCCSCCCSCCCC(C)(C)N2C(=S)CN(CC)C2=S)C1=S. The molecule has 0 amide bonds. The molecule has 200 valence electrons. The summed E-state index contributed by atoms with van der Waals surface area (Å²) in [6.07, 6.45) is 5.90. The molecule has 0 unspecified atom stereocenters. The quantitative estimate of drug-likeness (QED) is 0.146. The van der Waals surface area contributed by atoms with Gasteiger partial charge >= 0.3 is 0 Å². The molecule has 0 aromatic heterocycles. The van der Waals surface area contributed by atoms with Crippen LogP contribution >= 0.6 is 72.4 Å². The maximum Gasteiger partial charge on any atom is 0.177 e. The fourth-order valence-electron chi connectivity index (χ4n) is 4.69. The molecule has 0 aromatic rings. The summed E-state index contributed by atoms with van der Waals surface area (Å²) in [6, 6.07) is 0. The van der Waals surface area contributed by atoms with Gasteiger partial charge < -0.3 is 19.6 Å². The van der Waals surface area contributed by atoms with E-state index in [9.17, 15) is 0 Å². The van der Waals surface area contributed by atoms with Gasteiger partial charge in [0.05, 0.1) is 13.1 Å². The van der Waals surface area contributed by atoms with Gasteiger partial charge in [-0.15, -0.1) is 0 Å². The monoisotopic (exact) mass is 592 g/mol. The first-order chi connectivity index (χ1) is 16.5. The van der Waals surface area contributed by atoms with Crippen molar-refractivity contribution >= 4 is 92.6 Å². The maximum atomic E-state index is 5.68. The molecular weight excluding hydrogens is 549 g/mol. The Hall–Kier alpha value is 0.260. The van der Waals surface area contributed by atoms with Crippen LogP contribution in [0.5, 0.6) is 0 Å². The lowest BCUT2D eigenvalue weighted by Crippen LogP contribution is -2.47. The zero-order valence-electron chi connectivity index (χ0n) is 22.4. The number of likely N-dealkylation sites (N-methyl/N-ethyl adjacent to an activating group) is 2. The van der Waals surface area contributed by atoms with Crippen LogP contribution < -0.4 is 0 Å². The summed E-state index contributed by atoms with van der Waals surface area (Å²) in [5.74, 6) is 4.90. The van der Waals surface area contributed by atoms with Gasteiger partial charge in [0.25, 0.3) is 0 Å². The van der Waals surface area contributed by atoms with Crippen LogP contribution in [0, 0.1) is 0 Å². The Kier molecular flexibility index (Phi) is 13.0. The van der Waals surface area contributed by atoms with E-state index in [1.54, 1.807) is 0 Å². The smallest absolute Gasteiger partial charge is 0.177 e. The minimum absolute atomic E-state index is 0.000352. The third kappa shape index (κ3) is 8.63. The lowest BCUT2D eigenvalue weighted by atomic mass is 9.97. The molecule has 2 aliphatic heterocycles. The highest BCUT2D eigenvalue weighted by molar-refractivity contribution is 8.00. The third-order valence-corrected chi connectivity index (χ3v) is 10.6. The van der Waals surface area contributed by atoms with Crippen molar-refractivity contribution in [3.63, 3.8) is 0 Å². The summed E-state index contributed by atoms with van der Waals surface area (Å²) in [5, 5.41) is 1.81. The average molecular weight is 593 g/mol. The fourth-order valence-corrected chi connectivity index (χ4v) is 8.87. The molecule has 35 heavy (non-hydrogen) atoms. The Labute approximate surface area is 244 Å². The minimum Gasteiger partial charge on any atom is -0.342 e. The molecule has 0 bridgehead atoms. The zero-order valence-corrected chi connectivity index (χ0v) is 27.3. The number of hydrogen-bond donors (Lipinski definition) is 0. The van der Waals surface area contributed by atoms with Crippen molar-refractivity contribution in [2.75, 3.05) is 49.2 Å². The van der Waals surface area contributed by atoms with Crippen LogP contribution in [0.25, 0.3) is 0 Å². The molecule has 0 spiro atoms. The molecule has 0 N–H and O–H groups in total. The Morgan fingerprint density at radius 1 is 0.629 bits per heavy atom. The predicted molar refractivity (Wildman–Crippen MR) is 174 cm³/mol. The molecule has 10 heteroatoms. The molecule has 2 rings (SSSR count). The standard InChI is InChI=1S/C25H44N4S6/c1-7-26-18-20(30)28(22(26)32)24(3,4)12-9-14-34-16-11-17-35-15-10-13-25(5,6)29-21(31)19-27(8-2)23(29)33/h7-19H2,1-6H3. The van der Waals surface area contributed by atoms with Crippen LogP contribution in [0.2, 0.25) is 0 Å². The highest BCUT2D eigenvalue weighted by Gasteiger charge is 2.39. The second-order valence-corrected chi connectivity index (χ2v) is 14.6. The molecule has 4 nitrogen and oxygen atoms in total. The van der Waals surface area contributed by atoms with Crippen LogP contribution in [0.4, 0.5) is 0 Å². The van der Waals surface area contributed by atoms with E-state index in [1.165, 1.54) is 42.3 Å². The largest absolute Gasteiger partial charge is 0.342 e. The number of rotatable bonds is 16. The highest BCUT2D eigenvalue weighted by Crippen LogP contribution is 2.29. The zero-order chi connectivity index (χ0) is 26.2. The van der Waals surface area contributed by atoms with Crippen molar-refractivity contribution in [2.45, 2.75) is 84.7 Å². The molecular formula is C25H44N4S6. The summed E-state index contributed by atoms with van der Waals surface area (Å²) in [7, 11) is 0. The van der Waals surface area contributed by atoms with Gasteiger partial charge in [-0.1, -0.05) is 24.4 Å². The van der Waals surface area contributed by atoms with Gasteiger partial charge in [0.2, 0.25) is 0 Å². The summed E-state index contributed by atoms with van der Waals surface area (Å²) < 4.78 is 0. The van der Waals surface area contributed by atoms with Crippen LogP contribution in [-0.2, 0) is 0 Å². The van der Waals surface area contributed by atoms with E-state index in [0.29, 0.717) is 0 Å². The van der Waals surface area contributed by atoms with Gasteiger partial charge in [-0.25, -0.2) is 0 Å². The van der Waals surface area contributed by atoms with Gasteiger partial charge in [0.1, 0.15) is 9.98 Å². The number of thiocarbonyl (C=S) groups is 4. The van der Waals surface area contributed by atoms with Gasteiger partial charge in [0, 0.05) is 24.2 Å². The van der Waals surface area contributed by atoms with Crippen LogP contribution in [0.3, 0.4) is 0 Å². The van der Waals surface area contributed by atoms with E-state index in [-0.39, 0.29) is 11.1 Å². The van der Waals surface area contributed by atoms with Crippen LogP contribution in [0.15, 0.2) is 0 Å². The van der Waals surface area contributed by atoms with Crippen molar-refractivity contribution in [1.29, 1.82) is 0 Å². The topological polar surface area (TPSA) is 13.0 Å². The molecule has 2 fully saturated rings. The fraction of sp³-hybridized carbons (Fsp3) is 0.840. The van der Waals surface area contributed by atoms with E-state index < -0.39 is 0 Å². The van der Waals surface area contributed by atoms with Crippen molar-refractivity contribution in [3.8, 4) is 0 Å². The van der Waals surface area contributed by atoms with Gasteiger partial charge in [-0.05, 0) is 121 Å². The number of nitrogens with zero attached hydrogens (tertiary/aromatic N) is 4. The van der Waals surface area contributed by atoms with E-state index in [1.807, 2.05) is 0 Å². The second kappa shape index (κ2) is 14.4. The van der Waals surface area contributed by atoms with Crippen molar-refractivity contribution in [2.24, 2.45) is 0 Å². The summed E-state index contributed by atoms with van der Waals surface area (Å²) in [4.78, 5) is 10.8. The number of hydrogen-bond acceptors (Lipinski definition) is 6. The molecule has 0 aromatic carbocycles. The van der Waals surface area contributed by atoms with E-state index >= 15 is 0 Å². The Morgan fingerprint density at radius 3 is 1.29 bits per heavy atom. The van der Waals surface area contributed by atoms with E-state index in [4.69, 9.17) is 48.9 Å². The summed E-state index contributed by atoms with van der Waals surface area (Å²) >= 11 is 26.8. The first-order valence-electron chi connectivity index (χ1n) is 12.9. The number of thioether (sulfide) groups is 2.